The standard InChI is InChI=1S/C18H16.C2H6/c1-3-6-17-13(2)9-10-16-11-14-7-4-5-8-15(14)12-18(16)17;1-2/h3-12H,1-2H3;1-2H3/b6-3-;. The van der Waals surface area contributed by atoms with E-state index in [0.29, 0.717) is 0 Å². The average Bonchev–Trinajstić information content (AvgIpc) is 2.51. The topological polar surface area (TPSA) is 0 Å². The number of fused-ring (bicyclic) bond motifs is 2. The maximum Gasteiger partial charge on any atom is -0.0102 e. The van der Waals surface area contributed by atoms with Crippen LogP contribution in [-0.2, 0) is 0 Å². The summed E-state index contributed by atoms with van der Waals surface area (Å²) < 4.78 is 0. The van der Waals surface area contributed by atoms with Crippen LogP contribution in [0.25, 0.3) is 27.6 Å². The fourth-order valence-corrected chi connectivity index (χ4v) is 2.53. The third-order valence-electron chi connectivity index (χ3n) is 3.48. The summed E-state index contributed by atoms with van der Waals surface area (Å²) in [6.07, 6.45) is 4.31. The van der Waals surface area contributed by atoms with Crippen LogP contribution in [0.15, 0.2) is 54.6 Å². The van der Waals surface area contributed by atoms with Crippen molar-refractivity contribution in [2.45, 2.75) is 27.7 Å². The van der Waals surface area contributed by atoms with Gasteiger partial charge in [-0.1, -0.05) is 62.4 Å². The molecule has 3 aromatic rings. The van der Waals surface area contributed by atoms with E-state index in [2.05, 4.69) is 74.5 Å². The normalized spacial score (nSPS) is 10.8. The van der Waals surface area contributed by atoms with E-state index in [1.165, 1.54) is 32.7 Å². The van der Waals surface area contributed by atoms with Crippen LogP contribution in [0.2, 0.25) is 0 Å². The lowest BCUT2D eigenvalue weighted by Gasteiger charge is -2.08. The highest BCUT2D eigenvalue weighted by molar-refractivity contribution is 6.02. The maximum absolute atomic E-state index is 2.30. The van der Waals surface area contributed by atoms with E-state index in [9.17, 15) is 0 Å². The molecule has 0 bridgehead atoms. The zero-order chi connectivity index (χ0) is 14.5. The molecule has 0 atom stereocenters. The molecule has 0 fully saturated rings. The molecule has 20 heavy (non-hydrogen) atoms. The van der Waals surface area contributed by atoms with Crippen molar-refractivity contribution in [2.75, 3.05) is 0 Å². The average molecular weight is 262 g/mol. The van der Waals surface area contributed by atoms with Gasteiger partial charge in [0, 0.05) is 0 Å². The highest BCUT2D eigenvalue weighted by atomic mass is 14.1. The van der Waals surface area contributed by atoms with Gasteiger partial charge >= 0.3 is 0 Å². The molecule has 0 radical (unpaired) electrons. The molecule has 0 aliphatic heterocycles. The van der Waals surface area contributed by atoms with Crippen LogP contribution in [-0.4, -0.2) is 0 Å². The van der Waals surface area contributed by atoms with E-state index in [1.807, 2.05) is 13.8 Å². The number of hydrogen-bond donors (Lipinski definition) is 0. The minimum Gasteiger partial charge on any atom is -0.0870 e. The van der Waals surface area contributed by atoms with Gasteiger partial charge in [0.25, 0.3) is 0 Å². The van der Waals surface area contributed by atoms with Crippen molar-refractivity contribution in [1.82, 2.24) is 0 Å². The van der Waals surface area contributed by atoms with Crippen molar-refractivity contribution in [3.05, 3.63) is 65.7 Å². The predicted molar refractivity (Wildman–Crippen MR) is 92.2 cm³/mol. The van der Waals surface area contributed by atoms with Crippen LogP contribution in [0.1, 0.15) is 31.9 Å². The van der Waals surface area contributed by atoms with Crippen LogP contribution in [0, 0.1) is 6.92 Å². The van der Waals surface area contributed by atoms with Crippen molar-refractivity contribution in [3.63, 3.8) is 0 Å². The maximum atomic E-state index is 2.30. The Morgan fingerprint density at radius 1 is 0.800 bits per heavy atom. The Labute approximate surface area is 121 Å². The quantitative estimate of drug-likeness (QED) is 0.447. The van der Waals surface area contributed by atoms with Crippen LogP contribution in [0.4, 0.5) is 0 Å². The summed E-state index contributed by atoms with van der Waals surface area (Å²) >= 11 is 0. The second-order valence-electron chi connectivity index (χ2n) is 4.72. The first-order valence-corrected chi connectivity index (χ1v) is 7.34. The molecule has 3 aromatic carbocycles. The lowest BCUT2D eigenvalue weighted by molar-refractivity contribution is 1.48. The monoisotopic (exact) mass is 262 g/mol. The zero-order valence-corrected chi connectivity index (χ0v) is 12.8. The van der Waals surface area contributed by atoms with Crippen LogP contribution >= 0.6 is 0 Å². The Kier molecular flexibility index (Phi) is 4.57. The molecule has 0 saturated heterocycles. The third-order valence-corrected chi connectivity index (χ3v) is 3.48. The number of aryl methyl sites for hydroxylation is 1. The lowest BCUT2D eigenvalue weighted by atomic mass is 9.96. The van der Waals surface area contributed by atoms with Gasteiger partial charge in [0.2, 0.25) is 0 Å². The van der Waals surface area contributed by atoms with Gasteiger partial charge in [-0.2, -0.15) is 0 Å². The highest BCUT2D eigenvalue weighted by Crippen LogP contribution is 2.28. The van der Waals surface area contributed by atoms with Crippen LogP contribution in [0.5, 0.6) is 0 Å². The van der Waals surface area contributed by atoms with Crippen molar-refractivity contribution >= 4 is 27.6 Å². The molecule has 0 amide bonds. The Balaban J connectivity index is 0.000000704. The fraction of sp³-hybridized carbons (Fsp3) is 0.200. The Morgan fingerprint density at radius 3 is 2.10 bits per heavy atom. The van der Waals surface area contributed by atoms with Gasteiger partial charge in [0.05, 0.1) is 0 Å². The van der Waals surface area contributed by atoms with Gasteiger partial charge < -0.3 is 0 Å². The number of allylic oxidation sites excluding steroid dienone is 1. The smallest absolute Gasteiger partial charge is 0.0102 e. The van der Waals surface area contributed by atoms with Gasteiger partial charge in [-0.05, 0) is 58.7 Å². The molecule has 0 aliphatic carbocycles. The Hall–Kier alpha value is -2.08. The van der Waals surface area contributed by atoms with Gasteiger partial charge in [-0.15, -0.1) is 0 Å². The highest BCUT2D eigenvalue weighted by Gasteiger charge is 2.03. The predicted octanol–water partition coefficient (Wildman–Crippen LogP) is 6.36. The third kappa shape index (κ3) is 2.60. The van der Waals surface area contributed by atoms with Gasteiger partial charge in [0.15, 0.2) is 0 Å². The summed E-state index contributed by atoms with van der Waals surface area (Å²) in [4.78, 5) is 0. The first-order valence-electron chi connectivity index (χ1n) is 7.34. The summed E-state index contributed by atoms with van der Waals surface area (Å²) in [6, 6.07) is 17.5. The van der Waals surface area contributed by atoms with Crippen molar-refractivity contribution < 1.29 is 0 Å². The van der Waals surface area contributed by atoms with Gasteiger partial charge in [-0.3, -0.25) is 0 Å². The number of rotatable bonds is 1. The number of hydrogen-bond acceptors (Lipinski definition) is 0. The van der Waals surface area contributed by atoms with E-state index < -0.39 is 0 Å². The Bertz CT molecular complexity index is 748. The zero-order valence-electron chi connectivity index (χ0n) is 12.8. The molecule has 0 unspecified atom stereocenters. The first-order chi connectivity index (χ1) is 9.79. The van der Waals surface area contributed by atoms with Crippen molar-refractivity contribution in [3.8, 4) is 0 Å². The van der Waals surface area contributed by atoms with E-state index in [1.54, 1.807) is 0 Å². The Morgan fingerprint density at radius 2 is 1.45 bits per heavy atom. The molecule has 0 heterocycles. The molecule has 102 valence electrons. The summed E-state index contributed by atoms with van der Waals surface area (Å²) in [7, 11) is 0. The molecule has 0 nitrogen and oxygen atoms in total. The summed E-state index contributed by atoms with van der Waals surface area (Å²) in [5.41, 5.74) is 2.66. The van der Waals surface area contributed by atoms with Crippen LogP contribution < -0.4 is 0 Å². The largest absolute Gasteiger partial charge is 0.0870 e. The molecule has 0 heteroatoms. The van der Waals surface area contributed by atoms with Crippen molar-refractivity contribution in [2.24, 2.45) is 0 Å². The molecule has 0 spiro atoms. The summed E-state index contributed by atoms with van der Waals surface area (Å²) in [5.74, 6) is 0. The first kappa shape index (κ1) is 14.3. The minimum atomic E-state index is 1.31. The SMILES string of the molecule is C/C=C\c1c(C)ccc2cc3ccccc3cc12.CC. The minimum absolute atomic E-state index is 1.31. The van der Waals surface area contributed by atoms with Gasteiger partial charge in [-0.25, -0.2) is 0 Å². The van der Waals surface area contributed by atoms with E-state index in [0.717, 1.165) is 0 Å². The molecular weight excluding hydrogens is 240 g/mol. The van der Waals surface area contributed by atoms with Gasteiger partial charge in [0.1, 0.15) is 0 Å². The second kappa shape index (κ2) is 6.38. The lowest BCUT2D eigenvalue weighted by Crippen LogP contribution is -1.85. The number of benzene rings is 3. The van der Waals surface area contributed by atoms with Crippen LogP contribution in [0.3, 0.4) is 0 Å². The van der Waals surface area contributed by atoms with E-state index >= 15 is 0 Å². The van der Waals surface area contributed by atoms with E-state index in [-0.39, 0.29) is 0 Å². The molecule has 0 aromatic heterocycles. The molecule has 0 saturated carbocycles. The summed E-state index contributed by atoms with van der Waals surface area (Å²) in [5, 5.41) is 5.26. The van der Waals surface area contributed by atoms with E-state index in [4.69, 9.17) is 0 Å². The molecule has 0 aliphatic rings. The van der Waals surface area contributed by atoms with Crippen molar-refractivity contribution in [1.29, 1.82) is 0 Å². The fourth-order valence-electron chi connectivity index (χ4n) is 2.53. The molecular formula is C20H22. The second-order valence-corrected chi connectivity index (χ2v) is 4.72. The molecule has 3 rings (SSSR count). The summed E-state index contributed by atoms with van der Waals surface area (Å²) in [6.45, 7) is 8.24. The molecule has 0 N–H and O–H groups in total.